The highest BCUT2D eigenvalue weighted by Gasteiger charge is 2.27. The fourth-order valence-corrected chi connectivity index (χ4v) is 5.02. The van der Waals surface area contributed by atoms with E-state index in [0.29, 0.717) is 35.1 Å². The van der Waals surface area contributed by atoms with Crippen molar-refractivity contribution in [1.29, 1.82) is 0 Å². The Morgan fingerprint density at radius 1 is 0.968 bits per heavy atom. The van der Waals surface area contributed by atoms with Gasteiger partial charge in [0.25, 0.3) is 5.19 Å². The molecule has 2 aromatic heterocycles. The van der Waals surface area contributed by atoms with Crippen molar-refractivity contribution in [2.75, 3.05) is 23.3 Å². The van der Waals surface area contributed by atoms with Gasteiger partial charge in [-0.15, -0.1) is 15.3 Å². The quantitative estimate of drug-likeness (QED) is 0.579. The van der Waals surface area contributed by atoms with Crippen LogP contribution in [0.2, 0.25) is 0 Å². The third kappa shape index (κ3) is 5.88. The predicted octanol–water partition coefficient (Wildman–Crippen LogP) is 2.00. The monoisotopic (exact) mass is 463 g/mol. The van der Waals surface area contributed by atoms with Crippen LogP contribution in [-0.2, 0) is 16.0 Å². The van der Waals surface area contributed by atoms with Gasteiger partial charge in [0.1, 0.15) is 11.1 Å². The first-order valence-electron chi connectivity index (χ1n) is 10.8. The molecule has 0 bridgehead atoms. The number of piperidine rings is 1. The zero-order chi connectivity index (χ0) is 21.2. The number of ether oxygens (including phenoxy) is 1. The van der Waals surface area contributed by atoms with Crippen LogP contribution in [0.25, 0.3) is 0 Å². The molecule has 0 unspecified atom stereocenters. The van der Waals surface area contributed by atoms with E-state index in [1.807, 2.05) is 0 Å². The Morgan fingerprint density at radius 2 is 1.77 bits per heavy atom. The number of nitrogens with one attached hydrogen (secondary N) is 2. The molecule has 2 aromatic rings. The molecule has 0 radical (unpaired) electrons. The lowest BCUT2D eigenvalue weighted by Crippen LogP contribution is -2.38. The van der Waals surface area contributed by atoms with E-state index in [2.05, 4.69) is 35.9 Å². The van der Waals surface area contributed by atoms with Gasteiger partial charge >= 0.3 is 0 Å². The summed E-state index contributed by atoms with van der Waals surface area (Å²) in [6, 6.07) is 0.363. The Kier molecular flexibility index (Phi) is 5.99. The number of hydrogen-bond acceptors (Lipinski definition) is 10. The van der Waals surface area contributed by atoms with Crippen LogP contribution >= 0.6 is 22.7 Å². The summed E-state index contributed by atoms with van der Waals surface area (Å²) in [6.07, 6.45) is 7.03. The normalized spacial score (nSPS) is 19.3. The molecular weight excluding hydrogens is 438 g/mol. The molecule has 3 aliphatic rings. The van der Waals surface area contributed by atoms with Crippen molar-refractivity contribution >= 4 is 44.8 Å². The van der Waals surface area contributed by atoms with Crippen LogP contribution in [0.5, 0.6) is 5.19 Å². The van der Waals surface area contributed by atoms with Crippen molar-refractivity contribution in [2.45, 2.75) is 63.5 Å². The van der Waals surface area contributed by atoms with Crippen LogP contribution in [0, 0.1) is 5.92 Å². The molecule has 2 aliphatic carbocycles. The molecule has 5 rings (SSSR count). The molecule has 3 fully saturated rings. The van der Waals surface area contributed by atoms with Gasteiger partial charge in [0, 0.05) is 38.4 Å². The smallest absolute Gasteiger partial charge is 0.296 e. The number of anilines is 2. The molecule has 3 heterocycles. The minimum absolute atomic E-state index is 0.0000415. The summed E-state index contributed by atoms with van der Waals surface area (Å²) in [6.45, 7) is 1.61. The molecule has 10 nitrogen and oxygen atoms in total. The molecule has 166 valence electrons. The second kappa shape index (κ2) is 9.03. The summed E-state index contributed by atoms with van der Waals surface area (Å²) < 4.78 is 5.98. The summed E-state index contributed by atoms with van der Waals surface area (Å²) in [4.78, 5) is 26.0. The first-order valence-corrected chi connectivity index (χ1v) is 12.4. The lowest BCUT2D eigenvalue weighted by molar-refractivity contribution is -0.120. The van der Waals surface area contributed by atoms with Crippen molar-refractivity contribution < 1.29 is 14.3 Å². The summed E-state index contributed by atoms with van der Waals surface area (Å²) >= 11 is 2.75. The molecular formula is C19H25N7O3S2. The van der Waals surface area contributed by atoms with E-state index in [0.717, 1.165) is 61.8 Å². The largest absolute Gasteiger partial charge is 0.465 e. The summed E-state index contributed by atoms with van der Waals surface area (Å²) in [7, 11) is 0. The molecule has 2 N–H and O–H groups in total. The highest BCUT2D eigenvalue weighted by molar-refractivity contribution is 7.17. The van der Waals surface area contributed by atoms with Crippen LogP contribution in [0.3, 0.4) is 0 Å². The van der Waals surface area contributed by atoms with Gasteiger partial charge in [0.05, 0.1) is 6.42 Å². The van der Waals surface area contributed by atoms with Gasteiger partial charge in [-0.05, 0) is 42.9 Å². The SMILES string of the molecule is O=C(CC1CC1)Nc1nnc(OC2CCN(c3nnc(CC(=O)NC4CC4)s3)CC2)s1. The zero-order valence-electron chi connectivity index (χ0n) is 17.1. The van der Waals surface area contributed by atoms with Crippen molar-refractivity contribution in [3.05, 3.63) is 5.01 Å². The molecule has 0 aromatic carbocycles. The van der Waals surface area contributed by atoms with Crippen LogP contribution in [0.1, 0.15) is 50.0 Å². The Morgan fingerprint density at radius 3 is 2.52 bits per heavy atom. The fraction of sp³-hybridized carbons (Fsp3) is 0.684. The highest BCUT2D eigenvalue weighted by atomic mass is 32.1. The standard InChI is InChI=1S/C19H25N7O3S2/c27-14(9-11-1-2-11)21-17-23-25-19(31-17)29-13-5-7-26(8-6-13)18-24-22-16(30-18)10-15(28)20-12-3-4-12/h11-13H,1-10H2,(H,20,28)(H,21,23,27). The fourth-order valence-electron chi connectivity index (χ4n) is 3.46. The Hall–Kier alpha value is -2.34. The third-order valence-corrected chi connectivity index (χ3v) is 7.23. The Labute approximate surface area is 187 Å². The van der Waals surface area contributed by atoms with Gasteiger partial charge < -0.3 is 20.3 Å². The molecule has 0 atom stereocenters. The van der Waals surface area contributed by atoms with Crippen molar-refractivity contribution in [1.82, 2.24) is 25.7 Å². The molecule has 1 saturated heterocycles. The molecule has 0 spiro atoms. The lowest BCUT2D eigenvalue weighted by atomic mass is 10.1. The molecule has 2 saturated carbocycles. The second-order valence-electron chi connectivity index (χ2n) is 8.37. The summed E-state index contributed by atoms with van der Waals surface area (Å²) in [5.74, 6) is 0.565. The number of hydrogen-bond donors (Lipinski definition) is 2. The minimum atomic E-state index is -0.0000415. The van der Waals surface area contributed by atoms with Gasteiger partial charge in [0.2, 0.25) is 22.1 Å². The van der Waals surface area contributed by atoms with Crippen molar-refractivity contribution in [3.63, 3.8) is 0 Å². The molecule has 1 aliphatic heterocycles. The van der Waals surface area contributed by atoms with Gasteiger partial charge in [-0.25, -0.2) is 0 Å². The maximum absolute atomic E-state index is 11.9. The molecule has 2 amide bonds. The summed E-state index contributed by atoms with van der Waals surface area (Å²) in [5, 5.41) is 24.9. The van der Waals surface area contributed by atoms with Crippen LogP contribution in [0.15, 0.2) is 0 Å². The predicted molar refractivity (Wildman–Crippen MR) is 117 cm³/mol. The van der Waals surface area contributed by atoms with E-state index in [1.54, 1.807) is 0 Å². The van der Waals surface area contributed by atoms with E-state index >= 15 is 0 Å². The van der Waals surface area contributed by atoms with Crippen molar-refractivity contribution in [2.24, 2.45) is 5.92 Å². The Bertz CT molecular complexity index is 933. The van der Waals surface area contributed by atoms with E-state index < -0.39 is 0 Å². The number of nitrogens with zero attached hydrogens (tertiary/aromatic N) is 5. The first-order chi connectivity index (χ1) is 15.1. The Balaban J connectivity index is 1.06. The van der Waals surface area contributed by atoms with Crippen molar-refractivity contribution in [3.8, 4) is 5.19 Å². The molecule has 31 heavy (non-hydrogen) atoms. The first kappa shape index (κ1) is 20.6. The number of carbonyl (C=O) groups excluding carboxylic acids is 2. The number of rotatable bonds is 9. The maximum atomic E-state index is 11.9. The van der Waals surface area contributed by atoms with Gasteiger partial charge in [-0.2, -0.15) is 0 Å². The third-order valence-electron chi connectivity index (χ3n) is 5.51. The topological polar surface area (TPSA) is 122 Å². The summed E-state index contributed by atoms with van der Waals surface area (Å²) in [5.41, 5.74) is 0. The van der Waals surface area contributed by atoms with E-state index in [4.69, 9.17) is 4.74 Å². The van der Waals surface area contributed by atoms with Crippen LogP contribution in [-0.4, -0.2) is 57.4 Å². The zero-order valence-corrected chi connectivity index (χ0v) is 18.7. The van der Waals surface area contributed by atoms with Gasteiger partial charge in [0.15, 0.2) is 0 Å². The van der Waals surface area contributed by atoms with Crippen LogP contribution < -0.4 is 20.3 Å². The number of amides is 2. The number of carbonyl (C=O) groups is 2. The minimum Gasteiger partial charge on any atom is -0.465 e. The van der Waals surface area contributed by atoms with E-state index in [-0.39, 0.29) is 17.9 Å². The highest BCUT2D eigenvalue weighted by Crippen LogP contribution is 2.33. The van der Waals surface area contributed by atoms with E-state index in [9.17, 15) is 9.59 Å². The average molecular weight is 464 g/mol. The van der Waals surface area contributed by atoms with E-state index in [1.165, 1.54) is 22.7 Å². The average Bonchev–Trinajstić information content (AvgIpc) is 3.64. The second-order valence-corrected chi connectivity index (χ2v) is 10.4. The molecule has 12 heteroatoms. The van der Waals surface area contributed by atoms with Crippen LogP contribution in [0.4, 0.5) is 10.3 Å². The lowest BCUT2D eigenvalue weighted by Gasteiger charge is -2.30. The maximum Gasteiger partial charge on any atom is 0.296 e. The number of aromatic nitrogens is 4. The van der Waals surface area contributed by atoms with Gasteiger partial charge in [-0.3, -0.25) is 9.59 Å². The van der Waals surface area contributed by atoms with Gasteiger partial charge in [-0.1, -0.05) is 16.4 Å².